The van der Waals surface area contributed by atoms with Crippen molar-refractivity contribution in [3.63, 3.8) is 0 Å². The van der Waals surface area contributed by atoms with Gasteiger partial charge in [-0.05, 0) is 32.2 Å². The van der Waals surface area contributed by atoms with Crippen molar-refractivity contribution < 1.29 is 0 Å². The van der Waals surface area contributed by atoms with Crippen LogP contribution in [0.5, 0.6) is 0 Å². The first kappa shape index (κ1) is 11.1. The van der Waals surface area contributed by atoms with Crippen LogP contribution in [0, 0.1) is 0 Å². The highest BCUT2D eigenvalue weighted by Gasteiger charge is 2.39. The van der Waals surface area contributed by atoms with Crippen LogP contribution in [0.2, 0.25) is 0 Å². The maximum Gasteiger partial charge on any atom is 0.0333 e. The summed E-state index contributed by atoms with van der Waals surface area (Å²) in [4.78, 5) is 2.63. The fourth-order valence-corrected chi connectivity index (χ4v) is 3.04. The molecule has 2 unspecified atom stereocenters. The summed E-state index contributed by atoms with van der Waals surface area (Å²) < 4.78 is 0. The lowest BCUT2D eigenvalue weighted by Gasteiger charge is -2.44. The molecule has 2 fully saturated rings. The normalized spacial score (nSPS) is 36.5. The average molecular weight is 209 g/mol. The molecule has 0 aromatic carbocycles. The van der Waals surface area contributed by atoms with Gasteiger partial charge in [0.1, 0.15) is 0 Å². The third-order valence-electron chi connectivity index (χ3n) is 4.02. The molecule has 0 aromatic heterocycles. The predicted octanol–water partition coefficient (Wildman–Crippen LogP) is 0.718. The highest BCUT2D eigenvalue weighted by molar-refractivity contribution is 5.01. The molecule has 0 aromatic rings. The molecule has 2 aliphatic rings. The van der Waals surface area contributed by atoms with Crippen LogP contribution in [0.1, 0.15) is 25.7 Å². The van der Waals surface area contributed by atoms with E-state index in [4.69, 9.17) is 5.73 Å². The van der Waals surface area contributed by atoms with Crippen molar-refractivity contribution in [3.05, 3.63) is 12.7 Å². The van der Waals surface area contributed by atoms with Gasteiger partial charge in [-0.1, -0.05) is 6.08 Å². The average Bonchev–Trinajstić information content (AvgIpc) is 2.73. The van der Waals surface area contributed by atoms with Crippen LogP contribution in [-0.2, 0) is 0 Å². The molecule has 15 heavy (non-hydrogen) atoms. The lowest BCUT2D eigenvalue weighted by molar-refractivity contribution is 0.113. The maximum atomic E-state index is 5.95. The van der Waals surface area contributed by atoms with Crippen molar-refractivity contribution in [3.8, 4) is 0 Å². The van der Waals surface area contributed by atoms with Gasteiger partial charge in [0.05, 0.1) is 0 Å². The summed E-state index contributed by atoms with van der Waals surface area (Å²) in [7, 11) is 0. The number of rotatable bonds is 4. The highest BCUT2D eigenvalue weighted by atomic mass is 15.2. The monoisotopic (exact) mass is 209 g/mol. The molecule has 3 heteroatoms. The number of nitrogens with one attached hydrogen (secondary N) is 1. The molecular formula is C12H23N3. The van der Waals surface area contributed by atoms with E-state index in [1.54, 1.807) is 0 Å². The standard InChI is InChI=1S/C12H23N3/c1-2-6-14-12(10-13)5-8-15-7-3-4-11(15)9-12/h2,11,14H,1,3-10,13H2. The minimum absolute atomic E-state index is 0.180. The van der Waals surface area contributed by atoms with Gasteiger partial charge in [0.15, 0.2) is 0 Å². The summed E-state index contributed by atoms with van der Waals surface area (Å²) in [5, 5.41) is 3.58. The molecule has 0 bridgehead atoms. The molecule has 2 heterocycles. The largest absolute Gasteiger partial charge is 0.329 e. The Balaban J connectivity index is 1.97. The summed E-state index contributed by atoms with van der Waals surface area (Å²) in [5.41, 5.74) is 6.13. The van der Waals surface area contributed by atoms with E-state index in [0.717, 1.165) is 19.1 Å². The van der Waals surface area contributed by atoms with Gasteiger partial charge in [-0.3, -0.25) is 0 Å². The van der Waals surface area contributed by atoms with Gasteiger partial charge >= 0.3 is 0 Å². The Hall–Kier alpha value is -0.380. The fourth-order valence-electron chi connectivity index (χ4n) is 3.04. The van der Waals surface area contributed by atoms with Gasteiger partial charge < -0.3 is 16.0 Å². The van der Waals surface area contributed by atoms with Crippen molar-refractivity contribution in [2.75, 3.05) is 26.2 Å². The lowest BCUT2D eigenvalue weighted by atomic mass is 9.83. The zero-order valence-corrected chi connectivity index (χ0v) is 9.54. The van der Waals surface area contributed by atoms with Crippen LogP contribution in [-0.4, -0.2) is 42.7 Å². The summed E-state index contributed by atoms with van der Waals surface area (Å²) >= 11 is 0. The number of piperidine rings is 1. The summed E-state index contributed by atoms with van der Waals surface area (Å²) in [6.45, 7) is 7.91. The van der Waals surface area contributed by atoms with E-state index in [2.05, 4.69) is 16.8 Å². The van der Waals surface area contributed by atoms with Crippen molar-refractivity contribution in [2.24, 2.45) is 5.73 Å². The van der Waals surface area contributed by atoms with Gasteiger partial charge in [0, 0.05) is 31.2 Å². The van der Waals surface area contributed by atoms with Crippen LogP contribution in [0.3, 0.4) is 0 Å². The molecule has 3 N–H and O–H groups in total. The first-order chi connectivity index (χ1) is 7.29. The Morgan fingerprint density at radius 1 is 1.53 bits per heavy atom. The molecule has 86 valence electrons. The van der Waals surface area contributed by atoms with Crippen molar-refractivity contribution in [1.29, 1.82) is 0 Å². The molecule has 0 spiro atoms. The molecule has 2 saturated heterocycles. The minimum atomic E-state index is 0.180. The van der Waals surface area contributed by atoms with E-state index in [1.807, 2.05) is 6.08 Å². The molecule has 2 atom stereocenters. The Kier molecular flexibility index (Phi) is 3.44. The molecule has 2 aliphatic heterocycles. The summed E-state index contributed by atoms with van der Waals surface area (Å²) in [6, 6.07) is 0.777. The predicted molar refractivity (Wildman–Crippen MR) is 63.8 cm³/mol. The zero-order chi connectivity index (χ0) is 10.7. The van der Waals surface area contributed by atoms with Crippen LogP contribution < -0.4 is 11.1 Å². The fraction of sp³-hybridized carbons (Fsp3) is 0.833. The van der Waals surface area contributed by atoms with Crippen LogP contribution >= 0.6 is 0 Å². The molecule has 0 amide bonds. The Labute approximate surface area is 92.7 Å². The molecule has 0 saturated carbocycles. The number of fused-ring (bicyclic) bond motifs is 1. The Morgan fingerprint density at radius 3 is 3.13 bits per heavy atom. The first-order valence-corrected chi connectivity index (χ1v) is 6.10. The van der Waals surface area contributed by atoms with E-state index < -0.39 is 0 Å². The summed E-state index contributed by atoms with van der Waals surface area (Å²) in [6.07, 6.45) is 7.06. The number of nitrogens with two attached hydrogens (primary N) is 1. The quantitative estimate of drug-likeness (QED) is 0.670. The Morgan fingerprint density at radius 2 is 2.40 bits per heavy atom. The second-order valence-electron chi connectivity index (χ2n) is 4.94. The molecule has 0 radical (unpaired) electrons. The second kappa shape index (κ2) is 4.64. The third kappa shape index (κ3) is 2.25. The van der Waals surface area contributed by atoms with Crippen LogP contribution in [0.25, 0.3) is 0 Å². The van der Waals surface area contributed by atoms with Gasteiger partial charge in [-0.2, -0.15) is 0 Å². The third-order valence-corrected chi connectivity index (χ3v) is 4.02. The van der Waals surface area contributed by atoms with Crippen LogP contribution in [0.4, 0.5) is 0 Å². The Bertz CT molecular complexity index is 229. The van der Waals surface area contributed by atoms with E-state index >= 15 is 0 Å². The van der Waals surface area contributed by atoms with E-state index in [1.165, 1.54) is 38.8 Å². The number of nitrogens with zero attached hydrogens (tertiary/aromatic N) is 1. The first-order valence-electron chi connectivity index (χ1n) is 6.10. The van der Waals surface area contributed by atoms with Crippen molar-refractivity contribution >= 4 is 0 Å². The van der Waals surface area contributed by atoms with Crippen LogP contribution in [0.15, 0.2) is 12.7 Å². The lowest BCUT2D eigenvalue weighted by Crippen LogP contribution is -2.59. The second-order valence-corrected chi connectivity index (χ2v) is 4.94. The van der Waals surface area contributed by atoms with E-state index in [9.17, 15) is 0 Å². The van der Waals surface area contributed by atoms with Gasteiger partial charge in [0.2, 0.25) is 0 Å². The highest BCUT2D eigenvalue weighted by Crippen LogP contribution is 2.32. The molecule has 3 nitrogen and oxygen atoms in total. The summed E-state index contributed by atoms with van der Waals surface area (Å²) in [5.74, 6) is 0. The smallest absolute Gasteiger partial charge is 0.0333 e. The number of hydrogen-bond acceptors (Lipinski definition) is 3. The topological polar surface area (TPSA) is 41.3 Å². The SMILES string of the molecule is C=CCNC1(CN)CCN2CCCC2C1. The van der Waals surface area contributed by atoms with Gasteiger partial charge in [0.25, 0.3) is 0 Å². The molecular weight excluding hydrogens is 186 g/mol. The maximum absolute atomic E-state index is 5.95. The van der Waals surface area contributed by atoms with E-state index in [0.29, 0.717) is 0 Å². The van der Waals surface area contributed by atoms with Gasteiger partial charge in [-0.25, -0.2) is 0 Å². The van der Waals surface area contributed by atoms with Crippen molar-refractivity contribution in [2.45, 2.75) is 37.3 Å². The zero-order valence-electron chi connectivity index (χ0n) is 9.54. The van der Waals surface area contributed by atoms with Gasteiger partial charge in [-0.15, -0.1) is 6.58 Å². The molecule has 0 aliphatic carbocycles. The number of hydrogen-bond donors (Lipinski definition) is 2. The minimum Gasteiger partial charge on any atom is -0.329 e. The van der Waals surface area contributed by atoms with Crippen molar-refractivity contribution in [1.82, 2.24) is 10.2 Å². The van der Waals surface area contributed by atoms with E-state index in [-0.39, 0.29) is 5.54 Å². The molecule has 2 rings (SSSR count).